The molecule has 1 heterocycles. The molecule has 1 aliphatic rings. The van der Waals surface area contributed by atoms with Crippen LogP contribution in [0.15, 0.2) is 102 Å². The molecule has 0 fully saturated rings. The van der Waals surface area contributed by atoms with Gasteiger partial charge in [0.15, 0.2) is 0 Å². The van der Waals surface area contributed by atoms with E-state index in [0.29, 0.717) is 18.5 Å². The second-order valence-electron chi connectivity index (χ2n) is 9.53. The van der Waals surface area contributed by atoms with Gasteiger partial charge in [0.25, 0.3) is 5.91 Å². The van der Waals surface area contributed by atoms with Crippen LogP contribution in [0.3, 0.4) is 0 Å². The summed E-state index contributed by atoms with van der Waals surface area (Å²) in [6.07, 6.45) is 13.9. The smallest absolute Gasteiger partial charge is 0.253 e. The molecule has 0 aromatic heterocycles. The Morgan fingerprint density at radius 2 is 1.76 bits per heavy atom. The molecule has 38 heavy (non-hydrogen) atoms. The van der Waals surface area contributed by atoms with Crippen molar-refractivity contribution in [3.63, 3.8) is 0 Å². The first-order chi connectivity index (χ1) is 18.4. The van der Waals surface area contributed by atoms with Gasteiger partial charge in [-0.05, 0) is 54.2 Å². The Morgan fingerprint density at radius 1 is 1.03 bits per heavy atom. The first-order valence-corrected chi connectivity index (χ1v) is 13.2. The van der Waals surface area contributed by atoms with Crippen molar-refractivity contribution in [2.45, 2.75) is 39.2 Å². The van der Waals surface area contributed by atoms with Gasteiger partial charge in [0.1, 0.15) is 0 Å². The third kappa shape index (κ3) is 8.60. The maximum atomic E-state index is 13.3. The summed E-state index contributed by atoms with van der Waals surface area (Å²) in [5.41, 5.74) is 8.12. The number of aryl methyl sites for hydroxylation is 1. The van der Waals surface area contributed by atoms with E-state index < -0.39 is 0 Å². The van der Waals surface area contributed by atoms with E-state index in [1.807, 2.05) is 93.0 Å². The van der Waals surface area contributed by atoms with Gasteiger partial charge in [0, 0.05) is 51.4 Å². The number of likely N-dealkylation sites (N-methyl/N-ethyl adjacent to an activating group) is 2. The van der Waals surface area contributed by atoms with Gasteiger partial charge in [-0.2, -0.15) is 0 Å². The Labute approximate surface area is 227 Å². The molecular weight excluding hydrogens is 472 g/mol. The van der Waals surface area contributed by atoms with Crippen LogP contribution in [0.25, 0.3) is 0 Å². The van der Waals surface area contributed by atoms with Crippen molar-refractivity contribution in [2.24, 2.45) is 0 Å². The molecule has 3 rings (SSSR count). The van der Waals surface area contributed by atoms with Gasteiger partial charge in [-0.15, -0.1) is 0 Å². The summed E-state index contributed by atoms with van der Waals surface area (Å²) in [7, 11) is 3.64. The van der Waals surface area contributed by atoms with Crippen LogP contribution in [0.2, 0.25) is 0 Å². The third-order valence-corrected chi connectivity index (χ3v) is 6.60. The zero-order chi connectivity index (χ0) is 27.3. The van der Waals surface area contributed by atoms with E-state index in [-0.39, 0.29) is 24.3 Å². The number of amides is 2. The summed E-state index contributed by atoms with van der Waals surface area (Å²) >= 11 is 0. The molecule has 0 radical (unpaired) electrons. The summed E-state index contributed by atoms with van der Waals surface area (Å²) in [6.45, 7) is 5.40. The lowest BCUT2D eigenvalue weighted by Gasteiger charge is -2.29. The van der Waals surface area contributed by atoms with Crippen LogP contribution in [0.1, 0.15) is 41.8 Å². The highest BCUT2D eigenvalue weighted by molar-refractivity contribution is 5.94. The Morgan fingerprint density at radius 3 is 2.45 bits per heavy atom. The van der Waals surface area contributed by atoms with Gasteiger partial charge in [0.05, 0.1) is 0 Å². The number of rotatable bonds is 12. The number of allylic oxidation sites excluding steroid dienone is 4. The SMILES string of the molecule is C/C=C\C=C/C1=CCNC=C1CN(C)NC(=O)CC(Cc1ccccc1)N(C)C(=O)c1ccc(CC)cc1. The Balaban J connectivity index is 1.68. The molecule has 0 saturated carbocycles. The van der Waals surface area contributed by atoms with E-state index in [4.69, 9.17) is 0 Å². The lowest BCUT2D eigenvalue weighted by molar-refractivity contribution is -0.126. The van der Waals surface area contributed by atoms with Crippen LogP contribution in [0, 0.1) is 0 Å². The summed E-state index contributed by atoms with van der Waals surface area (Å²) in [5.74, 6) is -0.218. The Hall–Kier alpha value is -3.90. The fourth-order valence-electron chi connectivity index (χ4n) is 4.40. The number of carbonyl (C=O) groups is 2. The van der Waals surface area contributed by atoms with Crippen LogP contribution >= 0.6 is 0 Å². The molecule has 2 aromatic carbocycles. The van der Waals surface area contributed by atoms with Crippen LogP contribution < -0.4 is 10.7 Å². The third-order valence-electron chi connectivity index (χ3n) is 6.60. The lowest BCUT2D eigenvalue weighted by atomic mass is 10.0. The number of carbonyl (C=O) groups excluding carboxylic acids is 2. The van der Waals surface area contributed by atoms with E-state index in [9.17, 15) is 9.59 Å². The van der Waals surface area contributed by atoms with Crippen molar-refractivity contribution >= 4 is 11.8 Å². The largest absolute Gasteiger partial charge is 0.387 e. The normalized spacial score (nSPS) is 14.2. The second kappa shape index (κ2) is 14.7. The van der Waals surface area contributed by atoms with E-state index in [1.165, 1.54) is 5.56 Å². The molecule has 2 N–H and O–H groups in total. The van der Waals surface area contributed by atoms with E-state index in [2.05, 4.69) is 29.8 Å². The van der Waals surface area contributed by atoms with Crippen LogP contribution in [0.5, 0.6) is 0 Å². The fourth-order valence-corrected chi connectivity index (χ4v) is 4.40. The summed E-state index contributed by atoms with van der Waals surface area (Å²) in [4.78, 5) is 28.2. The van der Waals surface area contributed by atoms with E-state index >= 15 is 0 Å². The molecule has 1 aliphatic heterocycles. The summed E-state index contributed by atoms with van der Waals surface area (Å²) in [6, 6.07) is 17.4. The van der Waals surface area contributed by atoms with Crippen molar-refractivity contribution in [3.8, 4) is 0 Å². The minimum Gasteiger partial charge on any atom is -0.387 e. The molecule has 6 heteroatoms. The maximum absolute atomic E-state index is 13.3. The monoisotopic (exact) mass is 512 g/mol. The number of hydrogen-bond acceptors (Lipinski definition) is 4. The molecule has 2 amide bonds. The number of nitrogens with one attached hydrogen (secondary N) is 2. The number of hydrogen-bond donors (Lipinski definition) is 2. The van der Waals surface area contributed by atoms with E-state index in [0.717, 1.165) is 29.7 Å². The number of hydrazine groups is 1. The Kier molecular flexibility index (Phi) is 11.1. The standard InChI is InChI=1S/C32H40N4O2/c1-5-7-9-14-27-19-20-33-23-29(27)24-35(3)34-31(37)22-30(21-26-12-10-8-11-13-26)36(4)32(38)28-17-15-25(6-2)16-18-28/h5,7-19,23,30,33H,6,20-22,24H2,1-4H3,(H,34,37)/b7-5-,14-9-. The predicted molar refractivity (Wildman–Crippen MR) is 155 cm³/mol. The average molecular weight is 513 g/mol. The quantitative estimate of drug-likeness (QED) is 0.316. The summed E-state index contributed by atoms with van der Waals surface area (Å²) in [5, 5.41) is 5.04. The maximum Gasteiger partial charge on any atom is 0.253 e. The molecule has 0 aliphatic carbocycles. The molecule has 1 atom stereocenters. The highest BCUT2D eigenvalue weighted by Gasteiger charge is 2.25. The molecule has 200 valence electrons. The molecule has 1 unspecified atom stereocenters. The zero-order valence-electron chi connectivity index (χ0n) is 23.0. The van der Waals surface area contributed by atoms with Gasteiger partial charge < -0.3 is 10.2 Å². The lowest BCUT2D eigenvalue weighted by Crippen LogP contribution is -2.46. The summed E-state index contributed by atoms with van der Waals surface area (Å²) < 4.78 is 0. The topological polar surface area (TPSA) is 64.7 Å². The first kappa shape index (κ1) is 28.7. The molecule has 0 spiro atoms. The van der Waals surface area contributed by atoms with Crippen molar-refractivity contribution < 1.29 is 9.59 Å². The van der Waals surface area contributed by atoms with Crippen molar-refractivity contribution in [1.82, 2.24) is 20.7 Å². The number of nitrogens with zero attached hydrogens (tertiary/aromatic N) is 2. The fraction of sp³-hybridized carbons (Fsp3) is 0.312. The van der Waals surface area contributed by atoms with Gasteiger partial charge in [-0.25, -0.2) is 5.01 Å². The van der Waals surface area contributed by atoms with Gasteiger partial charge in [-0.3, -0.25) is 15.0 Å². The predicted octanol–water partition coefficient (Wildman–Crippen LogP) is 4.83. The minimum atomic E-state index is -0.293. The van der Waals surface area contributed by atoms with Gasteiger partial charge in [0.2, 0.25) is 5.91 Å². The van der Waals surface area contributed by atoms with E-state index in [1.54, 1.807) is 17.0 Å². The molecule has 0 bridgehead atoms. The molecular formula is C32H40N4O2. The van der Waals surface area contributed by atoms with Gasteiger partial charge in [-0.1, -0.05) is 79.8 Å². The average Bonchev–Trinajstić information content (AvgIpc) is 2.93. The second-order valence-corrected chi connectivity index (χ2v) is 9.53. The highest BCUT2D eigenvalue weighted by atomic mass is 16.2. The van der Waals surface area contributed by atoms with Crippen LogP contribution in [0.4, 0.5) is 0 Å². The first-order valence-electron chi connectivity index (χ1n) is 13.2. The minimum absolute atomic E-state index is 0.0872. The van der Waals surface area contributed by atoms with Crippen LogP contribution in [-0.4, -0.2) is 54.9 Å². The molecule has 6 nitrogen and oxygen atoms in total. The molecule has 0 saturated heterocycles. The van der Waals surface area contributed by atoms with Crippen LogP contribution in [-0.2, 0) is 17.6 Å². The number of dihydropyridines is 1. The zero-order valence-corrected chi connectivity index (χ0v) is 23.0. The molecule has 2 aromatic rings. The van der Waals surface area contributed by atoms with Crippen molar-refractivity contribution in [3.05, 3.63) is 119 Å². The Bertz CT molecular complexity index is 1180. The highest BCUT2D eigenvalue weighted by Crippen LogP contribution is 2.17. The number of benzene rings is 2. The van der Waals surface area contributed by atoms with Crippen molar-refractivity contribution in [1.29, 1.82) is 0 Å². The van der Waals surface area contributed by atoms with Gasteiger partial charge >= 0.3 is 0 Å². The van der Waals surface area contributed by atoms with Crippen molar-refractivity contribution in [2.75, 3.05) is 27.2 Å².